The fourth-order valence-corrected chi connectivity index (χ4v) is 4.23. The molecule has 0 spiro atoms. The Morgan fingerprint density at radius 1 is 1.27 bits per heavy atom. The van der Waals surface area contributed by atoms with Crippen LogP contribution in [0.3, 0.4) is 0 Å². The largest absolute Gasteiger partial charge is 0.454 e. The van der Waals surface area contributed by atoms with Gasteiger partial charge in [0.15, 0.2) is 11.5 Å². The van der Waals surface area contributed by atoms with Crippen LogP contribution >= 0.6 is 33.9 Å². The van der Waals surface area contributed by atoms with Crippen molar-refractivity contribution in [1.82, 2.24) is 9.97 Å². The minimum absolute atomic E-state index is 0.297. The first-order valence-electron chi connectivity index (χ1n) is 6.74. The van der Waals surface area contributed by atoms with E-state index in [-0.39, 0.29) is 0 Å². The van der Waals surface area contributed by atoms with Crippen LogP contribution in [0, 0.1) is 9.81 Å². The van der Waals surface area contributed by atoms with Gasteiger partial charge in [-0.05, 0) is 52.8 Å². The molecule has 0 bridgehead atoms. The number of aromatic nitrogens is 2. The van der Waals surface area contributed by atoms with Gasteiger partial charge < -0.3 is 14.8 Å². The summed E-state index contributed by atoms with van der Waals surface area (Å²) in [7, 11) is 0. The van der Waals surface area contributed by atoms with Crippen LogP contribution in [-0.2, 0) is 6.54 Å². The molecule has 3 aromatic rings. The van der Waals surface area contributed by atoms with Gasteiger partial charge in [0.2, 0.25) is 6.79 Å². The van der Waals surface area contributed by atoms with Gasteiger partial charge >= 0.3 is 0 Å². The molecule has 1 aromatic carbocycles. The predicted octanol–water partition coefficient (Wildman–Crippen LogP) is 3.95. The Morgan fingerprint density at radius 2 is 2.14 bits per heavy atom. The molecule has 5 nitrogen and oxygen atoms in total. The third-order valence-electron chi connectivity index (χ3n) is 3.54. The summed E-state index contributed by atoms with van der Waals surface area (Å²) >= 11 is 4.06. The van der Waals surface area contributed by atoms with E-state index in [1.54, 1.807) is 17.7 Å². The van der Waals surface area contributed by atoms with Crippen LogP contribution < -0.4 is 14.8 Å². The number of fused-ring (bicyclic) bond motifs is 2. The molecule has 2 aromatic heterocycles. The molecule has 22 heavy (non-hydrogen) atoms. The molecular formula is C15H12IN3O2S. The second-order valence-electron chi connectivity index (χ2n) is 4.94. The Morgan fingerprint density at radius 3 is 3.05 bits per heavy atom. The number of anilines is 1. The van der Waals surface area contributed by atoms with E-state index in [2.05, 4.69) is 44.8 Å². The van der Waals surface area contributed by atoms with Crippen LogP contribution in [0.2, 0.25) is 0 Å². The van der Waals surface area contributed by atoms with Gasteiger partial charge in [-0.2, -0.15) is 0 Å². The Balaban J connectivity index is 1.60. The van der Waals surface area contributed by atoms with Gasteiger partial charge in [-0.3, -0.25) is 0 Å². The monoisotopic (exact) mass is 425 g/mol. The summed E-state index contributed by atoms with van der Waals surface area (Å²) in [6, 6.07) is 5.96. The highest BCUT2D eigenvalue weighted by Crippen LogP contribution is 2.35. The average molecular weight is 425 g/mol. The Labute approximate surface area is 144 Å². The van der Waals surface area contributed by atoms with Crippen molar-refractivity contribution < 1.29 is 9.47 Å². The van der Waals surface area contributed by atoms with Crippen molar-refractivity contribution in [3.63, 3.8) is 0 Å². The highest BCUT2D eigenvalue weighted by molar-refractivity contribution is 14.1. The van der Waals surface area contributed by atoms with Crippen molar-refractivity contribution >= 4 is 50.0 Å². The van der Waals surface area contributed by atoms with E-state index in [0.29, 0.717) is 13.3 Å². The minimum atomic E-state index is 0.297. The molecule has 0 unspecified atom stereocenters. The molecule has 0 atom stereocenters. The van der Waals surface area contributed by atoms with E-state index in [4.69, 9.17) is 9.47 Å². The van der Waals surface area contributed by atoms with Crippen molar-refractivity contribution in [1.29, 1.82) is 0 Å². The SMILES string of the molecule is Cc1c(I)sc2c(NCc3ccc4c(c3)OCO4)ncnc12. The summed E-state index contributed by atoms with van der Waals surface area (Å²) < 4.78 is 13.1. The molecule has 0 saturated carbocycles. The second-order valence-corrected chi connectivity index (χ2v) is 7.77. The lowest BCUT2D eigenvalue weighted by Gasteiger charge is -2.07. The summed E-state index contributed by atoms with van der Waals surface area (Å²) in [4.78, 5) is 8.76. The van der Waals surface area contributed by atoms with Crippen LogP contribution in [0.15, 0.2) is 24.5 Å². The number of nitrogens with one attached hydrogen (secondary N) is 1. The maximum absolute atomic E-state index is 5.41. The lowest BCUT2D eigenvalue weighted by molar-refractivity contribution is 0.174. The molecular weight excluding hydrogens is 413 g/mol. The molecule has 1 N–H and O–H groups in total. The summed E-state index contributed by atoms with van der Waals surface area (Å²) in [6.07, 6.45) is 1.61. The van der Waals surface area contributed by atoms with Gasteiger partial charge in [-0.1, -0.05) is 6.07 Å². The van der Waals surface area contributed by atoms with Gasteiger partial charge in [-0.15, -0.1) is 11.3 Å². The van der Waals surface area contributed by atoms with E-state index in [1.165, 1.54) is 8.45 Å². The van der Waals surface area contributed by atoms with Crippen LogP contribution in [0.1, 0.15) is 11.1 Å². The summed E-state index contributed by atoms with van der Waals surface area (Å²) in [6.45, 7) is 3.07. The zero-order valence-electron chi connectivity index (χ0n) is 11.7. The topological polar surface area (TPSA) is 56.3 Å². The van der Waals surface area contributed by atoms with Crippen molar-refractivity contribution in [2.75, 3.05) is 12.1 Å². The number of aryl methyl sites for hydroxylation is 1. The number of nitrogens with zero attached hydrogens (tertiary/aromatic N) is 2. The van der Waals surface area contributed by atoms with Crippen molar-refractivity contribution in [2.24, 2.45) is 0 Å². The summed E-state index contributed by atoms with van der Waals surface area (Å²) in [5.41, 5.74) is 3.37. The Kier molecular flexibility index (Phi) is 3.53. The fourth-order valence-electron chi connectivity index (χ4n) is 2.36. The van der Waals surface area contributed by atoms with Gasteiger partial charge in [0.25, 0.3) is 0 Å². The van der Waals surface area contributed by atoms with Gasteiger partial charge in [0.1, 0.15) is 12.1 Å². The van der Waals surface area contributed by atoms with Crippen molar-refractivity contribution in [2.45, 2.75) is 13.5 Å². The predicted molar refractivity (Wildman–Crippen MR) is 94.8 cm³/mol. The highest BCUT2D eigenvalue weighted by Gasteiger charge is 2.14. The molecule has 3 heterocycles. The third-order valence-corrected chi connectivity index (χ3v) is 6.09. The van der Waals surface area contributed by atoms with E-state index >= 15 is 0 Å². The fraction of sp³-hybridized carbons (Fsp3) is 0.200. The van der Waals surface area contributed by atoms with E-state index in [9.17, 15) is 0 Å². The average Bonchev–Trinajstić information content (AvgIpc) is 3.11. The Bertz CT molecular complexity index is 865. The molecule has 0 fully saturated rings. The molecule has 0 radical (unpaired) electrons. The number of hydrogen-bond donors (Lipinski definition) is 1. The highest BCUT2D eigenvalue weighted by atomic mass is 127. The standard InChI is InChI=1S/C15H12IN3O2S/c1-8-12-13(22-14(8)16)15(19-6-18-12)17-5-9-2-3-10-11(4-9)21-7-20-10/h2-4,6H,5,7H2,1H3,(H,17,18,19). The Hall–Kier alpha value is -1.61. The summed E-state index contributed by atoms with van der Waals surface area (Å²) in [5, 5.41) is 3.40. The quantitative estimate of drug-likeness (QED) is 0.645. The van der Waals surface area contributed by atoms with Crippen LogP contribution in [0.4, 0.5) is 5.82 Å². The second kappa shape index (κ2) is 5.54. The van der Waals surface area contributed by atoms with E-state index in [0.717, 1.165) is 33.1 Å². The van der Waals surface area contributed by atoms with Crippen molar-refractivity contribution in [3.05, 3.63) is 38.5 Å². The molecule has 112 valence electrons. The number of benzene rings is 1. The first-order chi connectivity index (χ1) is 10.7. The zero-order chi connectivity index (χ0) is 15.1. The maximum atomic E-state index is 5.41. The van der Waals surface area contributed by atoms with Gasteiger partial charge in [0, 0.05) is 6.54 Å². The zero-order valence-corrected chi connectivity index (χ0v) is 14.7. The molecule has 7 heteroatoms. The van der Waals surface area contributed by atoms with Crippen LogP contribution in [-0.4, -0.2) is 16.8 Å². The normalized spacial score (nSPS) is 12.8. The lowest BCUT2D eigenvalue weighted by atomic mass is 10.2. The molecule has 1 aliphatic heterocycles. The van der Waals surface area contributed by atoms with Crippen molar-refractivity contribution in [3.8, 4) is 11.5 Å². The minimum Gasteiger partial charge on any atom is -0.454 e. The molecule has 4 rings (SSSR count). The number of thiophene rings is 1. The summed E-state index contributed by atoms with van der Waals surface area (Å²) in [5.74, 6) is 2.48. The van der Waals surface area contributed by atoms with Crippen LogP contribution in [0.25, 0.3) is 10.2 Å². The lowest BCUT2D eigenvalue weighted by Crippen LogP contribution is -2.01. The first-order valence-corrected chi connectivity index (χ1v) is 8.64. The smallest absolute Gasteiger partial charge is 0.231 e. The number of rotatable bonds is 3. The molecule has 0 aliphatic carbocycles. The van der Waals surface area contributed by atoms with Gasteiger partial charge in [-0.25, -0.2) is 9.97 Å². The first kappa shape index (κ1) is 14.0. The molecule has 0 amide bonds. The van der Waals surface area contributed by atoms with Crippen LogP contribution in [0.5, 0.6) is 11.5 Å². The van der Waals surface area contributed by atoms with E-state index in [1.807, 2.05) is 18.2 Å². The molecule has 0 saturated heterocycles. The maximum Gasteiger partial charge on any atom is 0.231 e. The number of hydrogen-bond acceptors (Lipinski definition) is 6. The number of ether oxygens (including phenoxy) is 2. The third kappa shape index (κ3) is 2.38. The van der Waals surface area contributed by atoms with Gasteiger partial charge in [0.05, 0.1) is 13.1 Å². The number of halogens is 1. The van der Waals surface area contributed by atoms with E-state index < -0.39 is 0 Å². The molecule has 1 aliphatic rings.